The quantitative estimate of drug-likeness (QED) is 0.144. The molecule has 0 aliphatic heterocycles. The lowest BCUT2D eigenvalue weighted by Crippen LogP contribution is -2.16. The van der Waals surface area contributed by atoms with Gasteiger partial charge in [-0.15, -0.1) is 0 Å². The number of anilines is 1. The van der Waals surface area contributed by atoms with Crippen LogP contribution >= 0.6 is 15.9 Å². The first-order valence-corrected chi connectivity index (χ1v) is 10.7. The van der Waals surface area contributed by atoms with E-state index in [-0.39, 0.29) is 22.8 Å². The van der Waals surface area contributed by atoms with Crippen LogP contribution in [0.5, 0.6) is 0 Å². The molecule has 1 aromatic carbocycles. The zero-order valence-corrected chi connectivity index (χ0v) is 19.7. The summed E-state index contributed by atoms with van der Waals surface area (Å²) >= 11 is 3.46. The normalized spacial score (nSPS) is 13.4. The molecule has 0 radical (unpaired) electrons. The highest BCUT2D eigenvalue weighted by Crippen LogP contribution is 2.39. The van der Waals surface area contributed by atoms with Crippen molar-refractivity contribution < 1.29 is 17.6 Å². The number of H-pyrrole nitrogens is 1. The third kappa shape index (κ3) is 5.62. The SMILES string of the molecule is CC(/C(C=N)=C/Nc1ccccc1F)c1[nH]c(/C(N)=N\C=N)c(-c2cnc(C(F)(F)F)nc2)c1Br. The van der Waals surface area contributed by atoms with Gasteiger partial charge in [-0.05, 0) is 33.6 Å². The van der Waals surface area contributed by atoms with Crippen LogP contribution in [-0.2, 0) is 6.18 Å². The van der Waals surface area contributed by atoms with Crippen molar-refractivity contribution >= 4 is 40.0 Å². The number of alkyl halides is 3. The third-order valence-corrected chi connectivity index (χ3v) is 5.81. The van der Waals surface area contributed by atoms with Crippen molar-refractivity contribution in [3.8, 4) is 11.1 Å². The number of aromatic amines is 1. The van der Waals surface area contributed by atoms with Crippen LogP contribution in [-0.4, -0.2) is 33.3 Å². The Morgan fingerprint density at radius 2 is 1.89 bits per heavy atom. The molecule has 0 aliphatic rings. The highest BCUT2D eigenvalue weighted by molar-refractivity contribution is 9.10. The minimum Gasteiger partial charge on any atom is -0.382 e. The number of allylic oxidation sites excluding steroid dienone is 1. The van der Waals surface area contributed by atoms with Crippen LogP contribution in [0.2, 0.25) is 0 Å². The number of aromatic nitrogens is 3. The summed E-state index contributed by atoms with van der Waals surface area (Å²) in [5.74, 6) is -2.35. The Balaban J connectivity index is 2.08. The Morgan fingerprint density at radius 3 is 2.46 bits per heavy atom. The zero-order valence-electron chi connectivity index (χ0n) is 18.1. The molecule has 6 N–H and O–H groups in total. The second kappa shape index (κ2) is 10.6. The summed E-state index contributed by atoms with van der Waals surface area (Å²) in [7, 11) is 0. The number of halogens is 5. The van der Waals surface area contributed by atoms with Gasteiger partial charge in [0.2, 0.25) is 5.82 Å². The number of nitrogens with zero attached hydrogens (tertiary/aromatic N) is 3. The average molecular weight is 551 g/mol. The van der Waals surface area contributed by atoms with Gasteiger partial charge in [0, 0.05) is 52.0 Å². The minimum atomic E-state index is -4.70. The summed E-state index contributed by atoms with van der Waals surface area (Å²) in [5, 5.41) is 17.9. The number of para-hydroxylation sites is 1. The predicted octanol–water partition coefficient (Wildman–Crippen LogP) is 5.45. The molecule has 0 amide bonds. The van der Waals surface area contributed by atoms with Gasteiger partial charge in [0.25, 0.3) is 0 Å². The van der Waals surface area contributed by atoms with Gasteiger partial charge >= 0.3 is 6.18 Å². The number of nitrogens with one attached hydrogen (secondary N) is 4. The smallest absolute Gasteiger partial charge is 0.382 e. The first kappa shape index (κ1) is 25.7. The Hall–Kier alpha value is -3.87. The van der Waals surface area contributed by atoms with E-state index in [1.54, 1.807) is 19.1 Å². The van der Waals surface area contributed by atoms with Crippen LogP contribution < -0.4 is 11.1 Å². The average Bonchev–Trinajstić information content (AvgIpc) is 3.17. The molecule has 182 valence electrons. The lowest BCUT2D eigenvalue weighted by molar-refractivity contribution is -0.144. The summed E-state index contributed by atoms with van der Waals surface area (Å²) in [6.07, 6.45) is 0.590. The van der Waals surface area contributed by atoms with Crippen molar-refractivity contribution in [1.29, 1.82) is 10.8 Å². The highest BCUT2D eigenvalue weighted by atomic mass is 79.9. The molecule has 0 fully saturated rings. The van der Waals surface area contributed by atoms with E-state index in [1.807, 2.05) is 0 Å². The number of amidine groups is 1. The molecular weight excluding hydrogens is 532 g/mol. The number of hydrogen-bond acceptors (Lipinski definition) is 5. The molecule has 0 spiro atoms. The number of nitrogens with two attached hydrogens (primary N) is 1. The second-order valence-electron chi connectivity index (χ2n) is 7.17. The van der Waals surface area contributed by atoms with E-state index in [4.69, 9.17) is 16.6 Å². The molecule has 3 aromatic rings. The van der Waals surface area contributed by atoms with Gasteiger partial charge in [-0.25, -0.2) is 19.4 Å². The summed E-state index contributed by atoms with van der Waals surface area (Å²) in [4.78, 5) is 13.6. The van der Waals surface area contributed by atoms with Crippen LogP contribution in [0, 0.1) is 16.6 Å². The molecule has 0 aliphatic carbocycles. The number of rotatable bonds is 8. The standard InChI is InChI=1S/C22H19BrF4N8/c1-11(12(6-28)7-31-15-5-3-2-4-14(15)24)18-17(23)16(19(35-18)20(30)34-10-29)13-8-32-21(33-9-13)22(25,26)27/h2-11,28,31,35H,1H3,(H3,29,30,34)/b12-7+,28-6?. The summed E-state index contributed by atoms with van der Waals surface area (Å²) < 4.78 is 53.1. The molecule has 8 nitrogen and oxygen atoms in total. The molecule has 1 atom stereocenters. The third-order valence-electron chi connectivity index (χ3n) is 4.99. The Kier molecular flexibility index (Phi) is 7.79. The van der Waals surface area contributed by atoms with E-state index >= 15 is 0 Å². The fourth-order valence-electron chi connectivity index (χ4n) is 3.19. The van der Waals surface area contributed by atoms with Crippen molar-refractivity contribution in [2.45, 2.75) is 19.0 Å². The molecule has 35 heavy (non-hydrogen) atoms. The number of aliphatic imine (C=N–C) groups is 1. The molecule has 3 rings (SSSR count). The number of hydrogen-bond donors (Lipinski definition) is 5. The van der Waals surface area contributed by atoms with Crippen molar-refractivity contribution in [3.05, 3.63) is 75.9 Å². The maximum atomic E-state index is 13.9. The lowest BCUT2D eigenvalue weighted by atomic mass is 9.98. The Morgan fingerprint density at radius 1 is 1.23 bits per heavy atom. The lowest BCUT2D eigenvalue weighted by Gasteiger charge is -2.13. The van der Waals surface area contributed by atoms with E-state index in [9.17, 15) is 17.6 Å². The molecule has 13 heteroatoms. The maximum absolute atomic E-state index is 13.9. The largest absolute Gasteiger partial charge is 0.451 e. The van der Waals surface area contributed by atoms with Crippen LogP contribution in [0.1, 0.15) is 30.1 Å². The van der Waals surface area contributed by atoms with Crippen LogP contribution in [0.15, 0.2) is 57.9 Å². The number of benzene rings is 1. The molecule has 0 saturated heterocycles. The monoisotopic (exact) mass is 550 g/mol. The van der Waals surface area contributed by atoms with E-state index in [2.05, 4.69) is 41.2 Å². The van der Waals surface area contributed by atoms with Crippen LogP contribution in [0.25, 0.3) is 11.1 Å². The summed E-state index contributed by atoms with van der Waals surface area (Å²) in [6, 6.07) is 6.04. The second-order valence-corrected chi connectivity index (χ2v) is 7.97. The fraction of sp³-hybridized carbons (Fsp3) is 0.136. The van der Waals surface area contributed by atoms with Gasteiger partial charge in [-0.1, -0.05) is 19.1 Å². The van der Waals surface area contributed by atoms with E-state index in [1.165, 1.54) is 18.3 Å². The topological polar surface area (TPSA) is 140 Å². The van der Waals surface area contributed by atoms with E-state index < -0.39 is 23.7 Å². The molecular formula is C22H19BrF4N8. The van der Waals surface area contributed by atoms with Crippen molar-refractivity contribution in [1.82, 2.24) is 15.0 Å². The van der Waals surface area contributed by atoms with Gasteiger partial charge in [-0.2, -0.15) is 13.2 Å². The molecule has 2 heterocycles. The van der Waals surface area contributed by atoms with Gasteiger partial charge < -0.3 is 21.4 Å². The van der Waals surface area contributed by atoms with Crippen molar-refractivity contribution in [2.24, 2.45) is 10.7 Å². The molecule has 2 aromatic heterocycles. The Bertz CT molecular complexity index is 1300. The maximum Gasteiger partial charge on any atom is 0.451 e. The first-order valence-electron chi connectivity index (χ1n) is 9.93. The van der Waals surface area contributed by atoms with Crippen molar-refractivity contribution in [2.75, 3.05) is 5.32 Å². The van der Waals surface area contributed by atoms with Gasteiger partial charge in [0.1, 0.15) is 18.0 Å². The van der Waals surface area contributed by atoms with E-state index in [0.29, 0.717) is 21.3 Å². The highest BCUT2D eigenvalue weighted by Gasteiger charge is 2.34. The predicted molar refractivity (Wildman–Crippen MR) is 129 cm³/mol. The van der Waals surface area contributed by atoms with E-state index in [0.717, 1.165) is 24.9 Å². The zero-order chi connectivity index (χ0) is 25.8. The fourth-order valence-corrected chi connectivity index (χ4v) is 4.06. The van der Waals surface area contributed by atoms with Crippen LogP contribution in [0.4, 0.5) is 23.2 Å². The molecule has 0 saturated carbocycles. The summed E-state index contributed by atoms with van der Waals surface area (Å²) in [6.45, 7) is 1.76. The molecule has 1 unspecified atom stereocenters. The minimum absolute atomic E-state index is 0.0982. The first-order chi connectivity index (χ1) is 16.6. The Labute approximate surface area is 205 Å². The van der Waals surface area contributed by atoms with Gasteiger partial charge in [0.15, 0.2) is 0 Å². The van der Waals surface area contributed by atoms with Crippen LogP contribution in [0.3, 0.4) is 0 Å². The summed E-state index contributed by atoms with van der Waals surface area (Å²) in [5.41, 5.74) is 7.92. The van der Waals surface area contributed by atoms with Gasteiger partial charge in [-0.3, -0.25) is 5.41 Å². The molecule has 0 bridgehead atoms. The van der Waals surface area contributed by atoms with Gasteiger partial charge in [0.05, 0.1) is 11.4 Å². The van der Waals surface area contributed by atoms with Crippen molar-refractivity contribution in [3.63, 3.8) is 0 Å².